The normalized spacial score (nSPS) is 16.1. The number of aliphatic carboxylic acids is 1. The Morgan fingerprint density at radius 2 is 2.18 bits per heavy atom. The molecule has 17 heavy (non-hydrogen) atoms. The summed E-state index contributed by atoms with van der Waals surface area (Å²) in [6, 6.07) is -0.266. The zero-order valence-electron chi connectivity index (χ0n) is 9.80. The minimum Gasteiger partial charge on any atom is -0.480 e. The lowest BCUT2D eigenvalue weighted by molar-refractivity contribution is -0.137. The number of rotatable bonds is 4. The number of carbonyl (C=O) groups excluding carboxylic acids is 1. The van der Waals surface area contributed by atoms with Gasteiger partial charge in [-0.25, -0.2) is 4.79 Å². The molecular formula is C11H18N2O4. The number of carbonyl (C=O) groups is 2. The first-order valence-electron chi connectivity index (χ1n) is 5.59. The molecule has 1 aliphatic heterocycles. The van der Waals surface area contributed by atoms with Crippen LogP contribution in [0.2, 0.25) is 0 Å². The van der Waals surface area contributed by atoms with Gasteiger partial charge in [-0.05, 0) is 6.42 Å². The lowest BCUT2D eigenvalue weighted by Gasteiger charge is -2.27. The topological polar surface area (TPSA) is 70.1 Å². The summed E-state index contributed by atoms with van der Waals surface area (Å²) >= 11 is 0. The van der Waals surface area contributed by atoms with Gasteiger partial charge in [0.15, 0.2) is 0 Å². The van der Waals surface area contributed by atoms with Crippen molar-refractivity contribution < 1.29 is 19.4 Å². The molecule has 0 radical (unpaired) electrons. The van der Waals surface area contributed by atoms with E-state index in [9.17, 15) is 9.59 Å². The van der Waals surface area contributed by atoms with E-state index in [1.54, 1.807) is 4.90 Å². The second-order valence-corrected chi connectivity index (χ2v) is 3.80. The Labute approximate surface area is 100 Å². The van der Waals surface area contributed by atoms with Crippen molar-refractivity contribution in [3.8, 4) is 0 Å². The van der Waals surface area contributed by atoms with Crippen molar-refractivity contribution in [2.24, 2.45) is 0 Å². The third kappa shape index (κ3) is 4.44. The Bertz CT molecular complexity index is 285. The fourth-order valence-electron chi connectivity index (χ4n) is 1.67. The monoisotopic (exact) mass is 242 g/mol. The lowest BCUT2D eigenvalue weighted by Crippen LogP contribution is -2.46. The number of urea groups is 1. The molecule has 2 amide bonds. The van der Waals surface area contributed by atoms with E-state index in [1.165, 1.54) is 11.0 Å². The van der Waals surface area contributed by atoms with E-state index < -0.39 is 5.97 Å². The van der Waals surface area contributed by atoms with Crippen molar-refractivity contribution in [1.29, 1.82) is 0 Å². The van der Waals surface area contributed by atoms with Gasteiger partial charge in [0.2, 0.25) is 0 Å². The number of hydrogen-bond donors (Lipinski definition) is 1. The minimum absolute atomic E-state index is 0.239. The average Bonchev–Trinajstić information content (AvgIpc) is 2.55. The van der Waals surface area contributed by atoms with E-state index in [0.717, 1.165) is 6.42 Å². The third-order valence-corrected chi connectivity index (χ3v) is 2.44. The zero-order chi connectivity index (χ0) is 12.7. The molecule has 1 fully saturated rings. The molecule has 6 heteroatoms. The molecule has 0 aliphatic carbocycles. The number of nitrogens with zero attached hydrogens (tertiary/aromatic N) is 2. The number of carboxylic acid groups (broad SMARTS) is 1. The molecule has 1 N–H and O–H groups in total. The van der Waals surface area contributed by atoms with Crippen LogP contribution in [0.25, 0.3) is 0 Å². The van der Waals surface area contributed by atoms with Gasteiger partial charge in [0, 0.05) is 26.2 Å². The van der Waals surface area contributed by atoms with E-state index in [0.29, 0.717) is 26.3 Å². The minimum atomic E-state index is -1.02. The smallest absolute Gasteiger partial charge is 0.323 e. The summed E-state index contributed by atoms with van der Waals surface area (Å²) in [5.74, 6) is -1.02. The predicted molar refractivity (Wildman–Crippen MR) is 61.8 cm³/mol. The van der Waals surface area contributed by atoms with E-state index in [2.05, 4.69) is 6.58 Å². The van der Waals surface area contributed by atoms with Crippen LogP contribution in [0.5, 0.6) is 0 Å². The molecule has 0 saturated carbocycles. The van der Waals surface area contributed by atoms with Gasteiger partial charge in [-0.2, -0.15) is 0 Å². The SMILES string of the molecule is C=CCN(CC(=O)O)C(=O)N1CCCOCC1. The highest BCUT2D eigenvalue weighted by Gasteiger charge is 2.22. The molecule has 96 valence electrons. The van der Waals surface area contributed by atoms with Crippen molar-refractivity contribution in [3.63, 3.8) is 0 Å². The van der Waals surface area contributed by atoms with E-state index in [-0.39, 0.29) is 19.1 Å². The Balaban J connectivity index is 2.60. The van der Waals surface area contributed by atoms with Crippen molar-refractivity contribution in [1.82, 2.24) is 9.80 Å². The fourth-order valence-corrected chi connectivity index (χ4v) is 1.67. The number of carboxylic acids is 1. The third-order valence-electron chi connectivity index (χ3n) is 2.44. The summed E-state index contributed by atoms with van der Waals surface area (Å²) in [5, 5.41) is 8.74. The second-order valence-electron chi connectivity index (χ2n) is 3.80. The molecule has 0 aromatic carbocycles. The summed E-state index contributed by atoms with van der Waals surface area (Å²) in [5.41, 5.74) is 0. The van der Waals surface area contributed by atoms with E-state index in [4.69, 9.17) is 9.84 Å². The van der Waals surface area contributed by atoms with Gasteiger partial charge in [0.1, 0.15) is 6.54 Å². The molecule has 1 aliphatic rings. The highest BCUT2D eigenvalue weighted by atomic mass is 16.5. The molecule has 0 aromatic heterocycles. The van der Waals surface area contributed by atoms with Crippen molar-refractivity contribution in [3.05, 3.63) is 12.7 Å². The summed E-state index contributed by atoms with van der Waals surface area (Å²) in [6.07, 6.45) is 2.30. The van der Waals surface area contributed by atoms with Crippen molar-refractivity contribution in [2.75, 3.05) is 39.4 Å². The van der Waals surface area contributed by atoms with Crippen molar-refractivity contribution in [2.45, 2.75) is 6.42 Å². The first-order chi connectivity index (χ1) is 8.15. The van der Waals surface area contributed by atoms with Crippen LogP contribution < -0.4 is 0 Å². The van der Waals surface area contributed by atoms with E-state index in [1.807, 2.05) is 0 Å². The van der Waals surface area contributed by atoms with Gasteiger partial charge in [0.25, 0.3) is 0 Å². The van der Waals surface area contributed by atoms with Crippen LogP contribution >= 0.6 is 0 Å². The Kier molecular flexibility index (Phi) is 5.48. The number of hydrogen-bond acceptors (Lipinski definition) is 3. The maximum Gasteiger partial charge on any atom is 0.323 e. The average molecular weight is 242 g/mol. The van der Waals surface area contributed by atoms with Gasteiger partial charge < -0.3 is 19.6 Å². The Morgan fingerprint density at radius 3 is 2.82 bits per heavy atom. The van der Waals surface area contributed by atoms with Gasteiger partial charge in [0.05, 0.1) is 6.61 Å². The molecule has 1 rings (SSSR count). The standard InChI is InChI=1S/C11H18N2O4/c1-2-4-13(9-10(14)15)11(16)12-5-3-7-17-8-6-12/h2H,1,3-9H2,(H,14,15). The summed E-state index contributed by atoms with van der Waals surface area (Å²) in [4.78, 5) is 25.6. The highest BCUT2D eigenvalue weighted by molar-refractivity contribution is 5.80. The number of ether oxygens (including phenoxy) is 1. The van der Waals surface area contributed by atoms with Gasteiger partial charge in [-0.3, -0.25) is 4.79 Å². The second kappa shape index (κ2) is 6.90. The van der Waals surface area contributed by atoms with Crippen LogP contribution in [0.1, 0.15) is 6.42 Å². The zero-order valence-corrected chi connectivity index (χ0v) is 9.80. The van der Waals surface area contributed by atoms with E-state index >= 15 is 0 Å². The van der Waals surface area contributed by atoms with Crippen LogP contribution in [-0.2, 0) is 9.53 Å². The maximum atomic E-state index is 12.1. The Morgan fingerprint density at radius 1 is 1.41 bits per heavy atom. The summed E-state index contributed by atoms with van der Waals surface area (Å²) in [7, 11) is 0. The molecule has 1 heterocycles. The van der Waals surface area contributed by atoms with Gasteiger partial charge in [-0.1, -0.05) is 6.08 Å². The largest absolute Gasteiger partial charge is 0.480 e. The quantitative estimate of drug-likeness (QED) is 0.724. The van der Waals surface area contributed by atoms with Crippen LogP contribution in [0, 0.1) is 0 Å². The van der Waals surface area contributed by atoms with Gasteiger partial charge in [-0.15, -0.1) is 6.58 Å². The molecule has 0 aromatic rings. The van der Waals surface area contributed by atoms with Gasteiger partial charge >= 0.3 is 12.0 Å². The molecule has 6 nitrogen and oxygen atoms in total. The summed E-state index contributed by atoms with van der Waals surface area (Å²) < 4.78 is 5.25. The lowest BCUT2D eigenvalue weighted by atomic mass is 10.4. The fraction of sp³-hybridized carbons (Fsp3) is 0.636. The highest BCUT2D eigenvalue weighted by Crippen LogP contribution is 2.04. The maximum absolute atomic E-state index is 12.1. The van der Waals surface area contributed by atoms with Crippen LogP contribution in [0.3, 0.4) is 0 Å². The molecule has 0 spiro atoms. The Hall–Kier alpha value is -1.56. The molecular weight excluding hydrogens is 224 g/mol. The summed E-state index contributed by atoms with van der Waals surface area (Å²) in [6.45, 7) is 5.71. The molecule has 1 saturated heterocycles. The molecule has 0 atom stereocenters. The number of amides is 2. The first kappa shape index (κ1) is 13.5. The van der Waals surface area contributed by atoms with Crippen LogP contribution in [-0.4, -0.2) is 66.3 Å². The first-order valence-corrected chi connectivity index (χ1v) is 5.59. The van der Waals surface area contributed by atoms with Crippen LogP contribution in [0.15, 0.2) is 12.7 Å². The van der Waals surface area contributed by atoms with Crippen LogP contribution in [0.4, 0.5) is 4.79 Å². The molecule has 0 bridgehead atoms. The van der Waals surface area contributed by atoms with Crippen molar-refractivity contribution >= 4 is 12.0 Å². The predicted octanol–water partition coefficient (Wildman–Crippen LogP) is 0.401. The molecule has 0 unspecified atom stereocenters.